The van der Waals surface area contributed by atoms with E-state index in [1.807, 2.05) is 37.5 Å². The number of thioether (sulfide) groups is 1. The van der Waals surface area contributed by atoms with Crippen LogP contribution in [0.15, 0.2) is 47.6 Å². The van der Waals surface area contributed by atoms with E-state index in [4.69, 9.17) is 27.9 Å². The van der Waals surface area contributed by atoms with E-state index in [-0.39, 0.29) is 17.8 Å². The van der Waals surface area contributed by atoms with Crippen molar-refractivity contribution in [2.45, 2.75) is 38.6 Å². The molecular weight excluding hydrogens is 443 g/mol. The Morgan fingerprint density at radius 3 is 2.53 bits per heavy atom. The van der Waals surface area contributed by atoms with Crippen LogP contribution < -0.4 is 10.1 Å². The van der Waals surface area contributed by atoms with Crippen LogP contribution in [0.2, 0.25) is 10.0 Å². The minimum absolute atomic E-state index is 0.129. The van der Waals surface area contributed by atoms with E-state index in [9.17, 15) is 4.79 Å². The zero-order chi connectivity index (χ0) is 21.7. The summed E-state index contributed by atoms with van der Waals surface area (Å²) in [5.74, 6) is 1.53. The first-order valence-corrected chi connectivity index (χ1v) is 11.2. The number of rotatable bonds is 8. The molecule has 0 aliphatic carbocycles. The highest BCUT2D eigenvalue weighted by Crippen LogP contribution is 2.28. The summed E-state index contributed by atoms with van der Waals surface area (Å²) in [5, 5.41) is 13.3. The van der Waals surface area contributed by atoms with E-state index >= 15 is 0 Å². The maximum atomic E-state index is 12.3. The molecule has 0 saturated heterocycles. The Morgan fingerprint density at radius 2 is 1.87 bits per heavy atom. The predicted molar refractivity (Wildman–Crippen MR) is 122 cm³/mol. The van der Waals surface area contributed by atoms with E-state index in [1.54, 1.807) is 30.3 Å². The van der Waals surface area contributed by atoms with Gasteiger partial charge in [-0.1, -0.05) is 35.0 Å². The van der Waals surface area contributed by atoms with Gasteiger partial charge in [-0.2, -0.15) is 0 Å². The molecular formula is C21H22Cl2N4O2S. The lowest BCUT2D eigenvalue weighted by molar-refractivity contribution is -0.113. The molecule has 0 radical (unpaired) electrons. The minimum atomic E-state index is -0.311. The molecule has 1 atom stereocenters. The number of nitrogens with zero attached hydrogens (tertiary/aromatic N) is 3. The van der Waals surface area contributed by atoms with Gasteiger partial charge < -0.3 is 14.6 Å². The molecule has 1 amide bonds. The number of amides is 1. The summed E-state index contributed by atoms with van der Waals surface area (Å²) in [6.07, 6.45) is -0.311. The van der Waals surface area contributed by atoms with Gasteiger partial charge in [0, 0.05) is 22.3 Å². The van der Waals surface area contributed by atoms with E-state index in [0.717, 1.165) is 11.3 Å². The number of carbonyl (C=O) groups is 1. The van der Waals surface area contributed by atoms with Gasteiger partial charge in [-0.3, -0.25) is 4.79 Å². The van der Waals surface area contributed by atoms with Gasteiger partial charge in [0.2, 0.25) is 5.91 Å². The second-order valence-corrected chi connectivity index (χ2v) is 8.41. The Bertz CT molecular complexity index is 1020. The molecule has 9 heteroatoms. The third-order valence-electron chi connectivity index (χ3n) is 4.33. The minimum Gasteiger partial charge on any atom is -0.482 e. The number of aryl methyl sites for hydroxylation is 1. The topological polar surface area (TPSA) is 69.0 Å². The molecule has 30 heavy (non-hydrogen) atoms. The summed E-state index contributed by atoms with van der Waals surface area (Å²) in [5.41, 5.74) is 1.65. The highest BCUT2D eigenvalue weighted by atomic mass is 35.5. The van der Waals surface area contributed by atoms with Crippen LogP contribution in [0, 0.1) is 6.92 Å². The number of ether oxygens (including phenoxy) is 1. The highest BCUT2D eigenvalue weighted by Gasteiger charge is 2.20. The number of hydrogen-bond acceptors (Lipinski definition) is 5. The quantitative estimate of drug-likeness (QED) is 0.427. The fraction of sp³-hybridized carbons (Fsp3) is 0.286. The van der Waals surface area contributed by atoms with Crippen molar-refractivity contribution in [1.29, 1.82) is 0 Å². The van der Waals surface area contributed by atoms with Gasteiger partial charge in [0.1, 0.15) is 5.75 Å². The van der Waals surface area contributed by atoms with Crippen LogP contribution in [0.25, 0.3) is 0 Å². The molecule has 0 saturated carbocycles. The molecule has 1 heterocycles. The molecule has 2 aromatic carbocycles. The third kappa shape index (κ3) is 5.68. The van der Waals surface area contributed by atoms with E-state index in [2.05, 4.69) is 15.5 Å². The molecule has 1 unspecified atom stereocenters. The molecule has 6 nitrogen and oxygen atoms in total. The summed E-state index contributed by atoms with van der Waals surface area (Å²) in [4.78, 5) is 12.3. The Kier molecular flexibility index (Phi) is 7.64. The Hall–Kier alpha value is -2.22. The number of hydrogen-bond donors (Lipinski definition) is 1. The Morgan fingerprint density at radius 1 is 1.17 bits per heavy atom. The van der Waals surface area contributed by atoms with Gasteiger partial charge in [-0.15, -0.1) is 10.2 Å². The van der Waals surface area contributed by atoms with Gasteiger partial charge in [-0.05, 0) is 68.8 Å². The van der Waals surface area contributed by atoms with Crippen LogP contribution in [-0.4, -0.2) is 26.4 Å². The standard InChI is InChI=1S/C21H22Cl2N4O2S/c1-4-27-20(14(3)29-18-10-7-16(23)11-13(18)2)25-26-21(27)30-12-19(28)24-17-8-5-15(22)6-9-17/h5-11,14H,4,12H2,1-3H3,(H,24,28). The molecule has 0 fully saturated rings. The summed E-state index contributed by atoms with van der Waals surface area (Å²) >= 11 is 13.2. The van der Waals surface area contributed by atoms with Crippen LogP contribution >= 0.6 is 35.0 Å². The second kappa shape index (κ2) is 10.2. The monoisotopic (exact) mass is 464 g/mol. The van der Waals surface area contributed by atoms with Gasteiger partial charge >= 0.3 is 0 Å². The van der Waals surface area contributed by atoms with Crippen LogP contribution in [0.3, 0.4) is 0 Å². The Labute approximate surface area is 189 Å². The zero-order valence-corrected chi connectivity index (χ0v) is 19.2. The van der Waals surface area contributed by atoms with Crippen LogP contribution in [0.1, 0.15) is 31.3 Å². The largest absolute Gasteiger partial charge is 0.482 e. The first kappa shape index (κ1) is 22.5. The summed E-state index contributed by atoms with van der Waals surface area (Å²) in [6, 6.07) is 12.5. The average Bonchev–Trinajstić information content (AvgIpc) is 3.13. The number of halogens is 2. The summed E-state index contributed by atoms with van der Waals surface area (Å²) in [7, 11) is 0. The zero-order valence-electron chi connectivity index (χ0n) is 16.9. The molecule has 0 spiro atoms. The summed E-state index contributed by atoms with van der Waals surface area (Å²) < 4.78 is 8.03. The Balaban J connectivity index is 1.64. The molecule has 3 rings (SSSR count). The fourth-order valence-electron chi connectivity index (χ4n) is 2.85. The van der Waals surface area contributed by atoms with Crippen molar-refractivity contribution in [3.05, 3.63) is 63.9 Å². The van der Waals surface area contributed by atoms with Crippen LogP contribution in [0.4, 0.5) is 5.69 Å². The third-order valence-corrected chi connectivity index (χ3v) is 5.78. The second-order valence-electron chi connectivity index (χ2n) is 6.60. The molecule has 0 aliphatic rings. The number of benzene rings is 2. The summed E-state index contributed by atoms with van der Waals surface area (Å²) in [6.45, 7) is 6.53. The first-order valence-electron chi connectivity index (χ1n) is 9.41. The number of nitrogens with one attached hydrogen (secondary N) is 1. The molecule has 0 aliphatic heterocycles. The van der Waals surface area contributed by atoms with Crippen molar-refractivity contribution >= 4 is 46.6 Å². The smallest absolute Gasteiger partial charge is 0.234 e. The van der Waals surface area contributed by atoms with E-state index < -0.39 is 0 Å². The van der Waals surface area contributed by atoms with E-state index in [0.29, 0.717) is 33.3 Å². The SMILES string of the molecule is CCn1c(SCC(=O)Nc2ccc(Cl)cc2)nnc1C(C)Oc1ccc(Cl)cc1C. The van der Waals surface area contributed by atoms with Gasteiger partial charge in [-0.25, -0.2) is 0 Å². The van der Waals surface area contributed by atoms with Gasteiger partial charge in [0.15, 0.2) is 17.1 Å². The van der Waals surface area contributed by atoms with Crippen molar-refractivity contribution in [3.8, 4) is 5.75 Å². The lowest BCUT2D eigenvalue weighted by Crippen LogP contribution is -2.15. The maximum absolute atomic E-state index is 12.3. The van der Waals surface area contributed by atoms with Crippen LogP contribution in [0.5, 0.6) is 5.75 Å². The number of carbonyl (C=O) groups excluding carboxylic acids is 1. The predicted octanol–water partition coefficient (Wildman–Crippen LogP) is 5.78. The van der Waals surface area contributed by atoms with Crippen molar-refractivity contribution in [2.24, 2.45) is 0 Å². The lowest BCUT2D eigenvalue weighted by atomic mass is 10.2. The normalized spacial score (nSPS) is 11.9. The first-order chi connectivity index (χ1) is 14.4. The lowest BCUT2D eigenvalue weighted by Gasteiger charge is -2.17. The van der Waals surface area contributed by atoms with Crippen molar-refractivity contribution in [1.82, 2.24) is 14.8 Å². The molecule has 0 bridgehead atoms. The van der Waals surface area contributed by atoms with Crippen molar-refractivity contribution in [2.75, 3.05) is 11.1 Å². The molecule has 158 valence electrons. The maximum Gasteiger partial charge on any atom is 0.234 e. The number of aromatic nitrogens is 3. The molecule has 3 aromatic rings. The fourth-order valence-corrected chi connectivity index (χ4v) is 4.02. The van der Waals surface area contributed by atoms with Gasteiger partial charge in [0.05, 0.1) is 5.75 Å². The van der Waals surface area contributed by atoms with Crippen molar-refractivity contribution in [3.63, 3.8) is 0 Å². The molecule has 1 N–H and O–H groups in total. The average molecular weight is 465 g/mol. The van der Waals surface area contributed by atoms with E-state index in [1.165, 1.54) is 11.8 Å². The molecule has 1 aromatic heterocycles. The van der Waals surface area contributed by atoms with Gasteiger partial charge in [0.25, 0.3) is 0 Å². The van der Waals surface area contributed by atoms with Crippen molar-refractivity contribution < 1.29 is 9.53 Å². The van der Waals surface area contributed by atoms with Crippen LogP contribution in [-0.2, 0) is 11.3 Å². The highest BCUT2D eigenvalue weighted by molar-refractivity contribution is 7.99. The number of anilines is 1.